The second-order valence-electron chi connectivity index (χ2n) is 5.55. The van der Waals surface area contributed by atoms with Crippen LogP contribution in [0.5, 0.6) is 0 Å². The summed E-state index contributed by atoms with van der Waals surface area (Å²) in [5.74, 6) is 1.76. The zero-order valence-electron chi connectivity index (χ0n) is 11.1. The van der Waals surface area contributed by atoms with Crippen LogP contribution in [0.4, 0.5) is 0 Å². The maximum absolute atomic E-state index is 3.53. The Morgan fingerprint density at radius 3 is 2.83 bits per heavy atom. The number of thiophene rings is 1. The molecule has 2 aromatic rings. The Labute approximate surface area is 113 Å². The van der Waals surface area contributed by atoms with Gasteiger partial charge in [-0.15, -0.1) is 11.3 Å². The molecule has 0 aliphatic heterocycles. The van der Waals surface area contributed by atoms with E-state index in [-0.39, 0.29) is 0 Å². The van der Waals surface area contributed by atoms with Crippen LogP contribution in [0.15, 0.2) is 29.6 Å². The molecule has 1 aliphatic rings. The molecule has 1 fully saturated rings. The van der Waals surface area contributed by atoms with Gasteiger partial charge >= 0.3 is 0 Å². The van der Waals surface area contributed by atoms with E-state index in [1.807, 2.05) is 11.3 Å². The van der Waals surface area contributed by atoms with Crippen molar-refractivity contribution in [2.45, 2.75) is 32.2 Å². The van der Waals surface area contributed by atoms with Crippen LogP contribution >= 0.6 is 11.3 Å². The van der Waals surface area contributed by atoms with Gasteiger partial charge < -0.3 is 5.32 Å². The zero-order chi connectivity index (χ0) is 12.5. The van der Waals surface area contributed by atoms with Gasteiger partial charge in [0.25, 0.3) is 0 Å². The standard InChI is InChI=1S/C16H21NS/c1-11(12-7-8-12)15(17-2)9-13-10-18-16-6-4-3-5-14(13)16/h3-6,10-12,15,17H,7-9H2,1-2H3. The summed E-state index contributed by atoms with van der Waals surface area (Å²) < 4.78 is 1.42. The van der Waals surface area contributed by atoms with Crippen LogP contribution in [0.25, 0.3) is 10.1 Å². The molecule has 18 heavy (non-hydrogen) atoms. The highest BCUT2D eigenvalue weighted by Crippen LogP contribution is 2.39. The Morgan fingerprint density at radius 1 is 1.33 bits per heavy atom. The summed E-state index contributed by atoms with van der Waals surface area (Å²) in [6.07, 6.45) is 4.03. The molecule has 0 amide bonds. The fraction of sp³-hybridized carbons (Fsp3) is 0.500. The van der Waals surface area contributed by atoms with Crippen molar-refractivity contribution >= 4 is 21.4 Å². The van der Waals surface area contributed by atoms with Crippen LogP contribution in [0.1, 0.15) is 25.3 Å². The molecule has 2 heteroatoms. The summed E-state index contributed by atoms with van der Waals surface area (Å²) >= 11 is 1.87. The van der Waals surface area contributed by atoms with Crippen molar-refractivity contribution in [2.24, 2.45) is 11.8 Å². The molecule has 2 atom stereocenters. The Morgan fingerprint density at radius 2 is 2.11 bits per heavy atom. The third kappa shape index (κ3) is 2.32. The van der Waals surface area contributed by atoms with Gasteiger partial charge in [0.2, 0.25) is 0 Å². The van der Waals surface area contributed by atoms with Gasteiger partial charge in [-0.25, -0.2) is 0 Å². The van der Waals surface area contributed by atoms with Crippen LogP contribution in [0, 0.1) is 11.8 Å². The van der Waals surface area contributed by atoms with E-state index in [1.54, 1.807) is 0 Å². The number of nitrogens with one attached hydrogen (secondary N) is 1. The van der Waals surface area contributed by atoms with Gasteiger partial charge in [-0.05, 0) is 60.5 Å². The smallest absolute Gasteiger partial charge is 0.0345 e. The molecule has 1 N–H and O–H groups in total. The van der Waals surface area contributed by atoms with Crippen molar-refractivity contribution in [2.75, 3.05) is 7.05 Å². The lowest BCUT2D eigenvalue weighted by Gasteiger charge is -2.23. The normalized spacial score (nSPS) is 19.0. The Kier molecular flexibility index (Phi) is 3.40. The average Bonchev–Trinajstić information content (AvgIpc) is 3.17. The maximum atomic E-state index is 3.53. The number of rotatable bonds is 5. The zero-order valence-corrected chi connectivity index (χ0v) is 12.0. The Balaban J connectivity index is 1.81. The molecule has 0 radical (unpaired) electrons. The fourth-order valence-electron chi connectivity index (χ4n) is 2.93. The minimum absolute atomic E-state index is 0.621. The second-order valence-corrected chi connectivity index (χ2v) is 6.46. The van der Waals surface area contributed by atoms with Crippen molar-refractivity contribution in [1.82, 2.24) is 5.32 Å². The lowest BCUT2D eigenvalue weighted by atomic mass is 9.91. The third-order valence-electron chi connectivity index (χ3n) is 4.37. The van der Waals surface area contributed by atoms with Gasteiger partial charge in [0.05, 0.1) is 0 Å². The first kappa shape index (κ1) is 12.2. The summed E-state index contributed by atoms with van der Waals surface area (Å²) in [6, 6.07) is 9.38. The Hall–Kier alpha value is -0.860. The lowest BCUT2D eigenvalue weighted by Crippen LogP contribution is -2.35. The van der Waals surface area contributed by atoms with Gasteiger partial charge in [-0.1, -0.05) is 25.1 Å². The van der Waals surface area contributed by atoms with Gasteiger partial charge in [0.1, 0.15) is 0 Å². The van der Waals surface area contributed by atoms with E-state index in [0.717, 1.165) is 18.3 Å². The van der Waals surface area contributed by atoms with Gasteiger partial charge in [-0.3, -0.25) is 0 Å². The molecule has 1 aromatic carbocycles. The van der Waals surface area contributed by atoms with E-state index in [0.29, 0.717) is 6.04 Å². The van der Waals surface area contributed by atoms with Crippen molar-refractivity contribution in [3.63, 3.8) is 0 Å². The quantitative estimate of drug-likeness (QED) is 0.853. The van der Waals surface area contributed by atoms with Crippen molar-refractivity contribution in [1.29, 1.82) is 0 Å². The van der Waals surface area contributed by atoms with E-state index in [2.05, 4.69) is 48.9 Å². The highest BCUT2D eigenvalue weighted by Gasteiger charge is 2.32. The van der Waals surface area contributed by atoms with Crippen molar-refractivity contribution in [3.8, 4) is 0 Å². The topological polar surface area (TPSA) is 12.0 Å². The molecular formula is C16H21NS. The molecule has 0 spiro atoms. The summed E-state index contributed by atoms with van der Waals surface area (Å²) in [6.45, 7) is 2.41. The van der Waals surface area contributed by atoms with E-state index in [1.165, 1.54) is 28.5 Å². The van der Waals surface area contributed by atoms with E-state index >= 15 is 0 Å². The molecular weight excluding hydrogens is 238 g/mol. The van der Waals surface area contributed by atoms with Crippen molar-refractivity contribution < 1.29 is 0 Å². The monoisotopic (exact) mass is 259 g/mol. The van der Waals surface area contributed by atoms with Gasteiger partial charge in [0, 0.05) is 10.7 Å². The van der Waals surface area contributed by atoms with Crippen LogP contribution in [0.2, 0.25) is 0 Å². The van der Waals surface area contributed by atoms with Crippen molar-refractivity contribution in [3.05, 3.63) is 35.2 Å². The van der Waals surface area contributed by atoms with E-state index in [4.69, 9.17) is 0 Å². The fourth-order valence-corrected chi connectivity index (χ4v) is 3.90. The molecule has 1 aromatic heterocycles. The van der Waals surface area contributed by atoms with Gasteiger partial charge in [-0.2, -0.15) is 0 Å². The predicted octanol–water partition coefficient (Wildman–Crippen LogP) is 4.08. The highest BCUT2D eigenvalue weighted by molar-refractivity contribution is 7.17. The minimum atomic E-state index is 0.621. The van der Waals surface area contributed by atoms with Crippen LogP contribution in [-0.4, -0.2) is 13.1 Å². The van der Waals surface area contributed by atoms with E-state index < -0.39 is 0 Å². The number of hydrogen-bond donors (Lipinski definition) is 1. The summed E-state index contributed by atoms with van der Waals surface area (Å²) in [7, 11) is 2.11. The first-order valence-electron chi connectivity index (χ1n) is 6.92. The number of fused-ring (bicyclic) bond motifs is 1. The average molecular weight is 259 g/mol. The first-order chi connectivity index (χ1) is 8.79. The van der Waals surface area contributed by atoms with Crippen LogP contribution < -0.4 is 5.32 Å². The molecule has 2 unspecified atom stereocenters. The maximum Gasteiger partial charge on any atom is 0.0345 e. The molecule has 1 aliphatic carbocycles. The number of likely N-dealkylation sites (N-methyl/N-ethyl adjacent to an activating group) is 1. The number of hydrogen-bond acceptors (Lipinski definition) is 2. The molecule has 1 nitrogen and oxygen atoms in total. The first-order valence-corrected chi connectivity index (χ1v) is 7.80. The highest BCUT2D eigenvalue weighted by atomic mass is 32.1. The largest absolute Gasteiger partial charge is 0.316 e. The third-order valence-corrected chi connectivity index (χ3v) is 5.38. The lowest BCUT2D eigenvalue weighted by molar-refractivity contribution is 0.358. The molecule has 0 bridgehead atoms. The molecule has 3 rings (SSSR count). The summed E-state index contributed by atoms with van der Waals surface area (Å²) in [5, 5.41) is 7.32. The summed E-state index contributed by atoms with van der Waals surface area (Å²) in [4.78, 5) is 0. The van der Waals surface area contributed by atoms with Gasteiger partial charge in [0.15, 0.2) is 0 Å². The molecule has 96 valence electrons. The molecule has 1 saturated carbocycles. The van der Waals surface area contributed by atoms with Crippen LogP contribution in [0.3, 0.4) is 0 Å². The summed E-state index contributed by atoms with van der Waals surface area (Å²) in [5.41, 5.74) is 1.52. The second kappa shape index (κ2) is 5.02. The number of benzene rings is 1. The predicted molar refractivity (Wildman–Crippen MR) is 80.3 cm³/mol. The van der Waals surface area contributed by atoms with Crippen LogP contribution in [-0.2, 0) is 6.42 Å². The van der Waals surface area contributed by atoms with E-state index in [9.17, 15) is 0 Å². The SMILES string of the molecule is CNC(Cc1csc2ccccc12)C(C)C1CC1. The minimum Gasteiger partial charge on any atom is -0.316 e. The Bertz CT molecular complexity index is 527. The molecule has 1 heterocycles. The molecule has 0 saturated heterocycles.